The largest absolute Gasteiger partial charge is 0.371 e. The molecule has 2 rings (SSSR count). The van der Waals surface area contributed by atoms with E-state index >= 15 is 0 Å². The lowest BCUT2D eigenvalue weighted by Gasteiger charge is -2.23. The van der Waals surface area contributed by atoms with Crippen molar-refractivity contribution in [1.82, 2.24) is 5.32 Å². The molecule has 1 saturated heterocycles. The van der Waals surface area contributed by atoms with E-state index in [0.717, 1.165) is 12.1 Å². The van der Waals surface area contributed by atoms with Gasteiger partial charge < -0.3 is 5.32 Å². The van der Waals surface area contributed by atoms with Crippen LogP contribution in [0.5, 0.6) is 0 Å². The van der Waals surface area contributed by atoms with E-state index in [4.69, 9.17) is 0 Å². The lowest BCUT2D eigenvalue weighted by Crippen LogP contribution is -2.47. The monoisotopic (exact) mass is 298 g/mol. The molecule has 0 spiro atoms. The van der Waals surface area contributed by atoms with Crippen LogP contribution in [0, 0.1) is 11.6 Å². The van der Waals surface area contributed by atoms with Crippen LogP contribution in [0.1, 0.15) is 39.2 Å². The van der Waals surface area contributed by atoms with E-state index in [1.54, 1.807) is 6.92 Å². The van der Waals surface area contributed by atoms with Gasteiger partial charge in [-0.2, -0.15) is 0 Å². The average molecular weight is 298 g/mol. The second-order valence-corrected chi connectivity index (χ2v) is 4.43. The van der Waals surface area contributed by atoms with E-state index in [-0.39, 0.29) is 30.0 Å². The Morgan fingerprint density at radius 2 is 1.90 bits per heavy atom. The highest BCUT2D eigenvalue weighted by molar-refractivity contribution is 6.01. The zero-order valence-corrected chi connectivity index (χ0v) is 12.4. The number of rotatable bonds is 3. The van der Waals surface area contributed by atoms with Gasteiger partial charge in [-0.25, -0.2) is 8.78 Å². The zero-order chi connectivity index (χ0) is 16.0. The van der Waals surface area contributed by atoms with Crippen LogP contribution in [-0.2, 0) is 16.0 Å². The number of hydrogen-bond donors (Lipinski definition) is 2. The Morgan fingerprint density at radius 1 is 1.24 bits per heavy atom. The highest BCUT2D eigenvalue weighted by atomic mass is 19.1. The van der Waals surface area contributed by atoms with Gasteiger partial charge in [-0.05, 0) is 24.5 Å². The van der Waals surface area contributed by atoms with Crippen LogP contribution in [0.15, 0.2) is 12.1 Å². The molecule has 1 fully saturated rings. The summed E-state index contributed by atoms with van der Waals surface area (Å²) in [6.45, 7) is 5.73. The first-order chi connectivity index (χ1) is 10.0. The minimum Gasteiger partial charge on any atom is -0.371 e. The smallest absolute Gasteiger partial charge is 0.249 e. The first kappa shape index (κ1) is 17.1. The maximum absolute atomic E-state index is 13.7. The van der Waals surface area contributed by atoms with Gasteiger partial charge in [-0.15, -0.1) is 0 Å². The Hall–Kier alpha value is -1.98. The predicted molar refractivity (Wildman–Crippen MR) is 76.9 cm³/mol. The van der Waals surface area contributed by atoms with Crippen molar-refractivity contribution in [1.29, 1.82) is 0 Å². The second kappa shape index (κ2) is 7.71. The van der Waals surface area contributed by atoms with Crippen molar-refractivity contribution in [3.63, 3.8) is 0 Å². The van der Waals surface area contributed by atoms with Crippen molar-refractivity contribution in [2.75, 3.05) is 5.32 Å². The molecule has 2 amide bonds. The van der Waals surface area contributed by atoms with Crippen molar-refractivity contribution in [3.8, 4) is 0 Å². The number of hydrogen-bond acceptors (Lipinski definition) is 3. The molecule has 0 bridgehead atoms. The lowest BCUT2D eigenvalue weighted by atomic mass is 10.0. The molecule has 1 unspecified atom stereocenters. The molecule has 1 aromatic carbocycles. The quantitative estimate of drug-likeness (QED) is 0.844. The standard InChI is InChI=1S/C13H14F2N2O2.C2H6/c1-2-7-5-9(15)11(6-8(7)14)16-10-3-4-12(18)17-13(10)19;1-2/h5-6,10,16H,2-4H2,1H3,(H,17,18,19);1-2H3. The number of benzene rings is 1. The van der Waals surface area contributed by atoms with Crippen molar-refractivity contribution >= 4 is 17.5 Å². The number of carbonyl (C=O) groups excluding carboxylic acids is 2. The third kappa shape index (κ3) is 4.24. The van der Waals surface area contributed by atoms with Gasteiger partial charge in [0.15, 0.2) is 0 Å². The highest BCUT2D eigenvalue weighted by Gasteiger charge is 2.27. The summed E-state index contributed by atoms with van der Waals surface area (Å²) in [5, 5.41) is 4.78. The van der Waals surface area contributed by atoms with Gasteiger partial charge in [-0.3, -0.25) is 14.9 Å². The number of aryl methyl sites for hydroxylation is 1. The van der Waals surface area contributed by atoms with Gasteiger partial charge in [0.2, 0.25) is 11.8 Å². The van der Waals surface area contributed by atoms with Crippen LogP contribution in [0.4, 0.5) is 14.5 Å². The third-order valence-corrected chi connectivity index (χ3v) is 3.09. The summed E-state index contributed by atoms with van der Waals surface area (Å²) in [6.07, 6.45) is 0.837. The minimum absolute atomic E-state index is 0.0656. The molecular weight excluding hydrogens is 278 g/mol. The molecule has 21 heavy (non-hydrogen) atoms. The molecule has 1 atom stereocenters. The van der Waals surface area contributed by atoms with Crippen molar-refractivity contribution in [3.05, 3.63) is 29.3 Å². The molecule has 1 heterocycles. The van der Waals surface area contributed by atoms with E-state index in [1.165, 1.54) is 0 Å². The Balaban J connectivity index is 0.00000106. The molecule has 0 aliphatic carbocycles. The van der Waals surface area contributed by atoms with E-state index in [9.17, 15) is 18.4 Å². The van der Waals surface area contributed by atoms with Crippen LogP contribution in [0.2, 0.25) is 0 Å². The Kier molecular flexibility index (Phi) is 6.27. The Bertz CT molecular complexity index is 533. The third-order valence-electron chi connectivity index (χ3n) is 3.09. The number of carbonyl (C=O) groups is 2. The van der Waals surface area contributed by atoms with Gasteiger partial charge in [0.1, 0.15) is 17.7 Å². The Labute approximate surface area is 122 Å². The van der Waals surface area contributed by atoms with Crippen molar-refractivity contribution in [2.24, 2.45) is 0 Å². The zero-order valence-electron chi connectivity index (χ0n) is 12.4. The molecule has 4 nitrogen and oxygen atoms in total. The molecule has 0 aromatic heterocycles. The number of imide groups is 1. The molecule has 6 heteroatoms. The van der Waals surface area contributed by atoms with E-state index < -0.39 is 23.6 Å². The number of nitrogens with one attached hydrogen (secondary N) is 2. The molecule has 1 aromatic rings. The van der Waals surface area contributed by atoms with Crippen LogP contribution >= 0.6 is 0 Å². The first-order valence-corrected chi connectivity index (χ1v) is 7.09. The summed E-state index contributed by atoms with van der Waals surface area (Å²) in [6, 6.07) is 1.43. The van der Waals surface area contributed by atoms with Crippen molar-refractivity contribution < 1.29 is 18.4 Å². The van der Waals surface area contributed by atoms with Gasteiger partial charge in [-0.1, -0.05) is 20.8 Å². The molecule has 2 N–H and O–H groups in total. The molecule has 0 radical (unpaired) electrons. The second-order valence-electron chi connectivity index (χ2n) is 4.43. The molecule has 1 aliphatic rings. The minimum atomic E-state index is -0.723. The summed E-state index contributed by atoms with van der Waals surface area (Å²) >= 11 is 0. The van der Waals surface area contributed by atoms with Crippen LogP contribution in [0.3, 0.4) is 0 Å². The number of amides is 2. The van der Waals surface area contributed by atoms with Crippen LogP contribution in [0.25, 0.3) is 0 Å². The topological polar surface area (TPSA) is 58.2 Å². The number of halogens is 2. The maximum atomic E-state index is 13.7. The van der Waals surface area contributed by atoms with E-state index in [1.807, 2.05) is 13.8 Å². The van der Waals surface area contributed by atoms with Gasteiger partial charge in [0.05, 0.1) is 5.69 Å². The number of anilines is 1. The predicted octanol–water partition coefficient (Wildman–Crippen LogP) is 2.77. The first-order valence-electron chi connectivity index (χ1n) is 7.09. The Morgan fingerprint density at radius 3 is 2.48 bits per heavy atom. The molecule has 0 saturated carbocycles. The average Bonchev–Trinajstić information content (AvgIpc) is 2.47. The molecular formula is C15H20F2N2O2. The summed E-state index contributed by atoms with van der Waals surface area (Å²) in [5.41, 5.74) is 0.218. The summed E-state index contributed by atoms with van der Waals surface area (Å²) in [5.74, 6) is -1.99. The van der Waals surface area contributed by atoms with Gasteiger partial charge in [0, 0.05) is 12.5 Å². The summed E-state index contributed by atoms with van der Waals surface area (Å²) in [4.78, 5) is 22.5. The lowest BCUT2D eigenvalue weighted by molar-refractivity contribution is -0.133. The summed E-state index contributed by atoms with van der Waals surface area (Å²) in [7, 11) is 0. The molecule has 1 aliphatic heterocycles. The van der Waals surface area contributed by atoms with Crippen molar-refractivity contribution in [2.45, 2.75) is 46.1 Å². The molecule has 116 valence electrons. The van der Waals surface area contributed by atoms with E-state index in [2.05, 4.69) is 10.6 Å². The van der Waals surface area contributed by atoms with E-state index in [0.29, 0.717) is 6.42 Å². The van der Waals surface area contributed by atoms with Gasteiger partial charge in [0.25, 0.3) is 0 Å². The highest BCUT2D eigenvalue weighted by Crippen LogP contribution is 2.22. The van der Waals surface area contributed by atoms with Gasteiger partial charge >= 0.3 is 0 Å². The number of piperidine rings is 1. The summed E-state index contributed by atoms with van der Waals surface area (Å²) < 4.78 is 27.3. The SMILES string of the molecule is CC.CCc1cc(F)c(NC2CCC(=O)NC2=O)cc1F. The fourth-order valence-corrected chi connectivity index (χ4v) is 1.99. The fraction of sp³-hybridized carbons (Fsp3) is 0.467. The van der Waals surface area contributed by atoms with Crippen LogP contribution < -0.4 is 10.6 Å². The fourth-order valence-electron chi connectivity index (χ4n) is 1.99. The van der Waals surface area contributed by atoms with Crippen LogP contribution in [-0.4, -0.2) is 17.9 Å². The maximum Gasteiger partial charge on any atom is 0.249 e. The normalized spacial score (nSPS) is 17.7.